The summed E-state index contributed by atoms with van der Waals surface area (Å²) in [4.78, 5) is 44.9. The van der Waals surface area contributed by atoms with Gasteiger partial charge in [0.15, 0.2) is 0 Å². The van der Waals surface area contributed by atoms with Crippen molar-refractivity contribution in [3.63, 3.8) is 0 Å². The number of halogens is 1. The lowest BCUT2D eigenvalue weighted by atomic mass is 10.0. The van der Waals surface area contributed by atoms with Crippen LogP contribution in [0.1, 0.15) is 27.5 Å². The molecule has 0 saturated carbocycles. The number of rotatable bonds is 6. The van der Waals surface area contributed by atoms with E-state index in [-0.39, 0.29) is 18.9 Å². The molecule has 31 heavy (non-hydrogen) atoms. The Bertz CT molecular complexity index is 1120. The third kappa shape index (κ3) is 4.40. The van der Waals surface area contributed by atoms with Crippen molar-refractivity contribution in [2.75, 3.05) is 6.54 Å². The van der Waals surface area contributed by atoms with Crippen molar-refractivity contribution in [2.24, 2.45) is 0 Å². The van der Waals surface area contributed by atoms with Crippen LogP contribution in [-0.4, -0.2) is 39.8 Å². The second-order valence-electron chi connectivity index (χ2n) is 7.02. The highest BCUT2D eigenvalue weighted by Gasteiger charge is 2.30. The lowest BCUT2D eigenvalue weighted by molar-refractivity contribution is -0.108. The summed E-state index contributed by atoms with van der Waals surface area (Å²) in [7, 11) is 0. The van der Waals surface area contributed by atoms with E-state index in [9.17, 15) is 18.8 Å². The average Bonchev–Trinajstić information content (AvgIpc) is 3.09. The van der Waals surface area contributed by atoms with Crippen LogP contribution in [0.3, 0.4) is 0 Å². The predicted molar refractivity (Wildman–Crippen MR) is 109 cm³/mol. The minimum Gasteiger partial charge on any atom is -0.332 e. The van der Waals surface area contributed by atoms with Gasteiger partial charge in [-0.25, -0.2) is 19.2 Å². The van der Waals surface area contributed by atoms with Gasteiger partial charge in [0.1, 0.15) is 12.1 Å². The number of urea groups is 1. The van der Waals surface area contributed by atoms with Gasteiger partial charge >= 0.3 is 6.03 Å². The Labute approximate surface area is 177 Å². The zero-order valence-corrected chi connectivity index (χ0v) is 16.3. The Morgan fingerprint density at radius 1 is 1.13 bits per heavy atom. The number of carbonyl (C=O) groups is 3. The van der Waals surface area contributed by atoms with E-state index in [4.69, 9.17) is 0 Å². The first kappa shape index (κ1) is 20.1. The second-order valence-corrected chi connectivity index (χ2v) is 7.02. The summed E-state index contributed by atoms with van der Waals surface area (Å²) in [5, 5.41) is 4.75. The van der Waals surface area contributed by atoms with Gasteiger partial charge in [-0.05, 0) is 28.8 Å². The predicted octanol–water partition coefficient (Wildman–Crippen LogP) is 2.44. The number of benzene rings is 2. The number of imide groups is 1. The number of nitrogens with one attached hydrogen (secondary N) is 2. The Hall–Kier alpha value is -4.14. The summed E-state index contributed by atoms with van der Waals surface area (Å²) < 4.78 is 13.5. The van der Waals surface area contributed by atoms with Gasteiger partial charge in [-0.1, -0.05) is 30.3 Å². The summed E-state index contributed by atoms with van der Waals surface area (Å²) >= 11 is 0. The molecule has 0 radical (unpaired) electrons. The molecule has 0 spiro atoms. The fourth-order valence-corrected chi connectivity index (χ4v) is 3.55. The molecule has 9 heteroatoms. The van der Waals surface area contributed by atoms with Crippen molar-refractivity contribution in [2.45, 2.75) is 12.6 Å². The van der Waals surface area contributed by atoms with E-state index in [0.29, 0.717) is 12.1 Å². The molecule has 156 valence electrons. The highest BCUT2D eigenvalue weighted by Crippen LogP contribution is 2.27. The maximum Gasteiger partial charge on any atom is 0.321 e. The highest BCUT2D eigenvalue weighted by atomic mass is 19.1. The van der Waals surface area contributed by atoms with Gasteiger partial charge in [-0.2, -0.15) is 0 Å². The maximum atomic E-state index is 13.5. The minimum atomic E-state index is -0.684. The number of hydrogen-bond donors (Lipinski definition) is 2. The SMILES string of the molecule is O=CNC(=O)N[C@@H](CN1Cc2ccc(F)cc2C1=O)c1ccc(-c2cncnc2)cc1. The zero-order valence-electron chi connectivity index (χ0n) is 16.3. The molecule has 0 unspecified atom stereocenters. The monoisotopic (exact) mass is 419 g/mol. The first-order chi connectivity index (χ1) is 15.0. The van der Waals surface area contributed by atoms with Crippen LogP contribution in [0.5, 0.6) is 0 Å². The van der Waals surface area contributed by atoms with E-state index in [1.54, 1.807) is 18.5 Å². The highest BCUT2D eigenvalue weighted by molar-refractivity contribution is 5.98. The van der Waals surface area contributed by atoms with Crippen LogP contribution in [0.2, 0.25) is 0 Å². The molecule has 4 rings (SSSR count). The summed E-state index contributed by atoms with van der Waals surface area (Å²) in [6.45, 7) is 0.455. The smallest absolute Gasteiger partial charge is 0.321 e. The summed E-state index contributed by atoms with van der Waals surface area (Å²) in [6.07, 6.45) is 5.11. The maximum absolute atomic E-state index is 13.5. The number of carbonyl (C=O) groups excluding carboxylic acids is 3. The molecule has 3 aromatic rings. The molecule has 0 saturated heterocycles. The van der Waals surface area contributed by atoms with Crippen molar-refractivity contribution in [3.8, 4) is 11.1 Å². The molecule has 1 aromatic heterocycles. The second kappa shape index (κ2) is 8.70. The van der Waals surface area contributed by atoms with Gasteiger partial charge < -0.3 is 10.2 Å². The van der Waals surface area contributed by atoms with E-state index in [2.05, 4.69) is 15.3 Å². The fourth-order valence-electron chi connectivity index (χ4n) is 3.55. The first-order valence-electron chi connectivity index (χ1n) is 9.49. The Balaban J connectivity index is 1.57. The quantitative estimate of drug-likeness (QED) is 0.597. The van der Waals surface area contributed by atoms with Gasteiger partial charge in [0.2, 0.25) is 6.41 Å². The molecule has 0 fully saturated rings. The lowest BCUT2D eigenvalue weighted by Crippen LogP contribution is -2.42. The number of amides is 4. The van der Waals surface area contributed by atoms with Gasteiger partial charge in [0.05, 0.1) is 6.04 Å². The van der Waals surface area contributed by atoms with Gasteiger partial charge in [0, 0.05) is 36.6 Å². The molecular weight excluding hydrogens is 401 g/mol. The minimum absolute atomic E-state index is 0.148. The van der Waals surface area contributed by atoms with Crippen LogP contribution >= 0.6 is 0 Å². The molecule has 8 nitrogen and oxygen atoms in total. The van der Waals surface area contributed by atoms with E-state index in [0.717, 1.165) is 22.3 Å². The number of hydrogen-bond acceptors (Lipinski definition) is 5. The molecule has 2 heterocycles. The van der Waals surface area contributed by atoms with Crippen LogP contribution in [0.25, 0.3) is 11.1 Å². The fraction of sp³-hybridized carbons (Fsp3) is 0.136. The number of nitrogens with zero attached hydrogens (tertiary/aromatic N) is 3. The normalized spacial score (nSPS) is 13.5. The molecular formula is C22H18FN5O3. The van der Waals surface area contributed by atoms with Crippen LogP contribution in [-0.2, 0) is 11.3 Å². The van der Waals surface area contributed by atoms with E-state index >= 15 is 0 Å². The van der Waals surface area contributed by atoms with Crippen molar-refractivity contribution in [1.82, 2.24) is 25.5 Å². The van der Waals surface area contributed by atoms with Crippen molar-refractivity contribution >= 4 is 18.3 Å². The Morgan fingerprint density at radius 3 is 2.58 bits per heavy atom. The molecule has 1 aliphatic heterocycles. The number of fused-ring (bicyclic) bond motifs is 1. The van der Waals surface area contributed by atoms with E-state index < -0.39 is 17.9 Å². The summed E-state index contributed by atoms with van der Waals surface area (Å²) in [6, 6.07) is 10.2. The molecule has 4 amide bonds. The number of aromatic nitrogens is 2. The van der Waals surface area contributed by atoms with E-state index in [1.807, 2.05) is 29.6 Å². The van der Waals surface area contributed by atoms with Gasteiger partial charge in [-0.3, -0.25) is 14.9 Å². The topological polar surface area (TPSA) is 104 Å². The third-order valence-corrected chi connectivity index (χ3v) is 5.06. The van der Waals surface area contributed by atoms with Crippen LogP contribution in [0, 0.1) is 5.82 Å². The largest absolute Gasteiger partial charge is 0.332 e. The molecule has 0 bridgehead atoms. The van der Waals surface area contributed by atoms with E-state index in [1.165, 1.54) is 23.4 Å². The van der Waals surface area contributed by atoms with Crippen molar-refractivity contribution in [3.05, 3.63) is 83.7 Å². The van der Waals surface area contributed by atoms with Gasteiger partial charge in [0.25, 0.3) is 5.91 Å². The Kier molecular flexibility index (Phi) is 5.65. The van der Waals surface area contributed by atoms with Crippen LogP contribution < -0.4 is 10.6 Å². The average molecular weight is 419 g/mol. The molecule has 1 aliphatic rings. The van der Waals surface area contributed by atoms with Crippen molar-refractivity contribution in [1.29, 1.82) is 0 Å². The molecule has 2 N–H and O–H groups in total. The zero-order chi connectivity index (χ0) is 21.8. The van der Waals surface area contributed by atoms with Crippen LogP contribution in [0.4, 0.5) is 9.18 Å². The summed E-state index contributed by atoms with van der Waals surface area (Å²) in [5.41, 5.74) is 3.50. The van der Waals surface area contributed by atoms with Crippen molar-refractivity contribution < 1.29 is 18.8 Å². The standard InChI is InChI=1S/C22H18FN5O3/c23-18-6-5-16-10-28(21(30)19(16)7-18)11-20(27-22(31)26-13-29)15-3-1-14(2-4-15)17-8-24-12-25-9-17/h1-9,12-13,20H,10-11H2,(H2,26,27,29,31)/t20-/m0/s1. The molecule has 1 atom stereocenters. The van der Waals surface area contributed by atoms with Crippen LogP contribution in [0.15, 0.2) is 61.2 Å². The van der Waals surface area contributed by atoms with Gasteiger partial charge in [-0.15, -0.1) is 0 Å². The molecule has 2 aromatic carbocycles. The summed E-state index contributed by atoms with van der Waals surface area (Å²) in [5.74, 6) is -0.787. The Morgan fingerprint density at radius 2 is 1.87 bits per heavy atom. The molecule has 0 aliphatic carbocycles. The first-order valence-corrected chi connectivity index (χ1v) is 9.49. The lowest BCUT2D eigenvalue weighted by Gasteiger charge is -2.25. The third-order valence-electron chi connectivity index (χ3n) is 5.06.